The highest BCUT2D eigenvalue weighted by atomic mass is 32.2. The van der Waals surface area contributed by atoms with E-state index in [1.807, 2.05) is 100 Å². The van der Waals surface area contributed by atoms with E-state index >= 15 is 0 Å². The Morgan fingerprint density at radius 2 is 1.59 bits per heavy atom. The smallest absolute Gasteiger partial charge is 0.302 e. The zero-order valence-corrected chi connectivity index (χ0v) is 25.8. The van der Waals surface area contributed by atoms with Crippen LogP contribution in [0.2, 0.25) is 0 Å². The van der Waals surface area contributed by atoms with Gasteiger partial charge in [0.25, 0.3) is 5.01 Å². The first kappa shape index (κ1) is 30.1. The summed E-state index contributed by atoms with van der Waals surface area (Å²) in [6, 6.07) is 31.9. The Hall–Kier alpha value is -3.91. The second kappa shape index (κ2) is 13.0. The summed E-state index contributed by atoms with van der Waals surface area (Å²) >= 11 is -0.878. The molecule has 1 aromatic heterocycles. The number of aromatic nitrogens is 1. The lowest BCUT2D eigenvalue weighted by Crippen LogP contribution is -2.38. The van der Waals surface area contributed by atoms with Gasteiger partial charge in [-0.1, -0.05) is 84.1 Å². The third-order valence-electron chi connectivity index (χ3n) is 7.20. The van der Waals surface area contributed by atoms with Crippen molar-refractivity contribution in [3.05, 3.63) is 108 Å². The average molecular weight is 649 g/mol. The summed E-state index contributed by atoms with van der Waals surface area (Å²) in [6.45, 7) is 0.537. The van der Waals surface area contributed by atoms with Crippen LogP contribution in [0, 0.1) is 0 Å². The molecule has 4 aromatic carbocycles. The first-order valence-corrected chi connectivity index (χ1v) is 17.2. The van der Waals surface area contributed by atoms with Gasteiger partial charge in [0.15, 0.2) is 12.3 Å². The Morgan fingerprint density at radius 1 is 0.932 bits per heavy atom. The molecule has 0 amide bonds. The van der Waals surface area contributed by atoms with Crippen LogP contribution in [-0.4, -0.2) is 40.6 Å². The van der Waals surface area contributed by atoms with Crippen LogP contribution in [0.1, 0.15) is 11.4 Å². The van der Waals surface area contributed by atoms with Crippen LogP contribution < -0.4 is 14.2 Å². The zero-order chi connectivity index (χ0) is 30.7. The summed E-state index contributed by atoms with van der Waals surface area (Å²) in [5.41, 5.74) is 5.75. The Balaban J connectivity index is 1.42. The molecule has 1 unspecified atom stereocenters. The highest BCUT2D eigenvalue weighted by Crippen LogP contribution is 2.42. The molecule has 1 aliphatic heterocycles. The molecule has 0 spiro atoms. The monoisotopic (exact) mass is 648 g/mol. The van der Waals surface area contributed by atoms with Crippen LogP contribution in [0.4, 0.5) is 5.69 Å². The molecule has 6 rings (SSSR count). The van der Waals surface area contributed by atoms with Gasteiger partial charge in [-0.25, -0.2) is 8.42 Å². The van der Waals surface area contributed by atoms with Gasteiger partial charge < -0.3 is 14.2 Å². The van der Waals surface area contributed by atoms with Gasteiger partial charge in [-0.15, -0.1) is 0 Å². The van der Waals surface area contributed by atoms with Crippen LogP contribution in [0.5, 0.6) is 5.75 Å². The topological polar surface area (TPSA) is 120 Å². The van der Waals surface area contributed by atoms with Gasteiger partial charge in [-0.3, -0.25) is 8.74 Å². The molecular formula is C32H28N2O7S3. The van der Waals surface area contributed by atoms with E-state index < -0.39 is 27.2 Å². The van der Waals surface area contributed by atoms with Crippen molar-refractivity contribution in [3.8, 4) is 28.0 Å². The maximum Gasteiger partial charge on any atom is 0.302 e. The van der Waals surface area contributed by atoms with Crippen molar-refractivity contribution >= 4 is 54.8 Å². The molecular weight excluding hydrogens is 621 g/mol. The normalized spacial score (nSPS) is 14.6. The van der Waals surface area contributed by atoms with E-state index in [0.717, 1.165) is 43.2 Å². The molecule has 0 bridgehead atoms. The van der Waals surface area contributed by atoms with Crippen molar-refractivity contribution in [2.75, 3.05) is 23.8 Å². The lowest BCUT2D eigenvalue weighted by atomic mass is 10.0. The maximum atomic E-state index is 11.4. The summed E-state index contributed by atoms with van der Waals surface area (Å²) in [6.07, 6.45) is 1.99. The molecule has 0 fully saturated rings. The molecule has 1 aliphatic rings. The fourth-order valence-electron chi connectivity index (χ4n) is 5.20. The van der Waals surface area contributed by atoms with Crippen molar-refractivity contribution < 1.29 is 35.2 Å². The quantitative estimate of drug-likeness (QED) is 0.108. The molecule has 2 heterocycles. The van der Waals surface area contributed by atoms with E-state index in [9.17, 15) is 21.7 Å². The summed E-state index contributed by atoms with van der Waals surface area (Å²) in [7, 11) is -4.39. The second-order valence-electron chi connectivity index (χ2n) is 10.1. The Bertz CT molecular complexity index is 1960. The number of anilines is 1. The van der Waals surface area contributed by atoms with E-state index in [2.05, 4.69) is 12.1 Å². The van der Waals surface area contributed by atoms with E-state index in [1.54, 1.807) is 0 Å². The second-order valence-corrected chi connectivity index (χ2v) is 13.3. The minimum Gasteiger partial charge on any atom is -0.748 e. The molecule has 9 nitrogen and oxygen atoms in total. The number of fused-ring (bicyclic) bond motifs is 2. The molecule has 0 radical (unpaired) electrons. The summed E-state index contributed by atoms with van der Waals surface area (Å²) in [4.78, 5) is 1.89. The van der Waals surface area contributed by atoms with Gasteiger partial charge >= 0.3 is 11.4 Å². The minimum absolute atomic E-state index is 0.00204. The lowest BCUT2D eigenvalue weighted by Gasteiger charge is -2.19. The third-order valence-corrected chi connectivity index (χ3v) is 9.47. The Morgan fingerprint density at radius 3 is 2.25 bits per heavy atom. The molecule has 12 heteroatoms. The van der Waals surface area contributed by atoms with Crippen LogP contribution >= 0.6 is 11.3 Å². The fourth-order valence-corrected chi connectivity index (χ4v) is 7.00. The highest BCUT2D eigenvalue weighted by molar-refractivity contribution is 7.85. The van der Waals surface area contributed by atoms with Gasteiger partial charge in [0.05, 0.1) is 21.9 Å². The largest absolute Gasteiger partial charge is 0.748 e. The van der Waals surface area contributed by atoms with E-state index in [-0.39, 0.29) is 19.6 Å². The summed E-state index contributed by atoms with van der Waals surface area (Å²) < 4.78 is 69.0. The van der Waals surface area contributed by atoms with Crippen molar-refractivity contribution in [3.63, 3.8) is 0 Å². The Labute approximate surface area is 261 Å². The first-order chi connectivity index (χ1) is 21.2. The third kappa shape index (κ3) is 6.91. The molecule has 226 valence electrons. The van der Waals surface area contributed by atoms with Crippen molar-refractivity contribution in [1.29, 1.82) is 0 Å². The van der Waals surface area contributed by atoms with Gasteiger partial charge in [0, 0.05) is 18.4 Å². The molecule has 1 N–H and O–H groups in total. The van der Waals surface area contributed by atoms with Gasteiger partial charge in [-0.05, 0) is 46.9 Å². The van der Waals surface area contributed by atoms with Gasteiger partial charge in [0.2, 0.25) is 11.4 Å². The Kier molecular flexibility index (Phi) is 8.89. The maximum absolute atomic E-state index is 11.4. The van der Waals surface area contributed by atoms with Crippen molar-refractivity contribution in [1.82, 2.24) is 0 Å². The molecule has 0 aliphatic carbocycles. The number of ether oxygens (including phenoxy) is 1. The average Bonchev–Trinajstić information content (AvgIpc) is 3.53. The standard InChI is InChI=1S/C32H28N2O7S3/c35-43(36)40-18-17-34-28-21-26(24-10-5-2-6-11-24)13-15-30(28)42-32(34)22-31-33(16-7-19-44(37,38)39)27-20-25(12-14-29(27)41-31)23-8-3-1-4-9-23/h1-6,8-15,20-22H,7,16-19H2,(H-,35,36,37,38,39). The summed E-state index contributed by atoms with van der Waals surface area (Å²) in [5, 5.41) is 0.796. The molecule has 0 saturated carbocycles. The molecule has 44 heavy (non-hydrogen) atoms. The number of hydrogen-bond donors (Lipinski definition) is 1. The number of thiazole rings is 1. The predicted molar refractivity (Wildman–Crippen MR) is 171 cm³/mol. The van der Waals surface area contributed by atoms with Crippen molar-refractivity contribution in [2.24, 2.45) is 0 Å². The van der Waals surface area contributed by atoms with Gasteiger partial charge in [0.1, 0.15) is 11.3 Å². The van der Waals surface area contributed by atoms with E-state index in [1.165, 1.54) is 11.3 Å². The highest BCUT2D eigenvalue weighted by Gasteiger charge is 2.30. The minimum atomic E-state index is -4.39. The van der Waals surface area contributed by atoms with Crippen LogP contribution in [0.25, 0.3) is 38.5 Å². The van der Waals surface area contributed by atoms with Crippen molar-refractivity contribution in [2.45, 2.75) is 13.0 Å². The zero-order valence-electron chi connectivity index (χ0n) is 23.4. The van der Waals surface area contributed by atoms with Gasteiger partial charge in [-0.2, -0.15) is 8.78 Å². The fraction of sp³-hybridized carbons (Fsp3) is 0.156. The lowest BCUT2D eigenvalue weighted by molar-refractivity contribution is -0.669. The number of nitrogens with zero attached hydrogens (tertiary/aromatic N) is 2. The first-order valence-electron chi connectivity index (χ1n) is 13.8. The van der Waals surface area contributed by atoms with Crippen LogP contribution in [-0.2, 0) is 32.2 Å². The molecule has 0 saturated heterocycles. The van der Waals surface area contributed by atoms with E-state index in [0.29, 0.717) is 18.2 Å². The number of hydrogen-bond acceptors (Lipinski definition) is 8. The number of benzene rings is 4. The summed E-state index contributed by atoms with van der Waals surface area (Å²) in [5.74, 6) is 0.591. The SMILES string of the molecule is O=S(O)OCC[n+]1c(C=C2Oc3ccc(-c4ccccc4)cc3N2CCCS(=O)(=O)[O-])sc2ccc(-c3ccccc3)cc21. The molecule has 5 aromatic rings. The van der Waals surface area contributed by atoms with Crippen LogP contribution in [0.15, 0.2) is 103 Å². The molecule has 1 atom stereocenters. The van der Waals surface area contributed by atoms with Crippen LogP contribution in [0.3, 0.4) is 0 Å². The predicted octanol–water partition coefficient (Wildman–Crippen LogP) is 5.81. The number of rotatable bonds is 11. The van der Waals surface area contributed by atoms with E-state index in [4.69, 9.17) is 8.92 Å².